The van der Waals surface area contributed by atoms with Crippen LogP contribution in [0.1, 0.15) is 10.4 Å². The number of hydrogen-bond donors (Lipinski definition) is 1. The summed E-state index contributed by atoms with van der Waals surface area (Å²) in [5.74, 6) is -1.85. The molecule has 2 rings (SSSR count). The summed E-state index contributed by atoms with van der Waals surface area (Å²) < 4.78 is 30.9. The Morgan fingerprint density at radius 2 is 2.00 bits per heavy atom. The zero-order valence-electron chi connectivity index (χ0n) is 8.50. The SMILES string of the molecule is O=C(c1cc(F)cc(F)c1)C1COCCN1. The third-order valence-electron chi connectivity index (χ3n) is 2.39. The molecule has 1 saturated heterocycles. The number of carbonyl (C=O) groups excluding carboxylic acids is 1. The fourth-order valence-corrected chi connectivity index (χ4v) is 1.63. The van der Waals surface area contributed by atoms with Gasteiger partial charge in [0.05, 0.1) is 19.3 Å². The van der Waals surface area contributed by atoms with E-state index in [1.54, 1.807) is 0 Å². The van der Waals surface area contributed by atoms with Gasteiger partial charge in [-0.3, -0.25) is 4.79 Å². The average molecular weight is 227 g/mol. The molecular formula is C11H11F2NO2. The Morgan fingerprint density at radius 1 is 1.31 bits per heavy atom. The highest BCUT2D eigenvalue weighted by Crippen LogP contribution is 2.11. The second-order valence-corrected chi connectivity index (χ2v) is 3.60. The van der Waals surface area contributed by atoms with Crippen molar-refractivity contribution in [1.82, 2.24) is 5.32 Å². The van der Waals surface area contributed by atoms with Crippen LogP contribution in [0.25, 0.3) is 0 Å². The summed E-state index contributed by atoms with van der Waals surface area (Å²) in [6.45, 7) is 1.34. The van der Waals surface area contributed by atoms with Gasteiger partial charge >= 0.3 is 0 Å². The Bertz CT molecular complexity index is 383. The van der Waals surface area contributed by atoms with E-state index in [1.165, 1.54) is 0 Å². The van der Waals surface area contributed by atoms with Gasteiger partial charge in [-0.05, 0) is 12.1 Å². The summed E-state index contributed by atoms with van der Waals surface area (Å²) >= 11 is 0. The first-order valence-corrected chi connectivity index (χ1v) is 4.98. The highest BCUT2D eigenvalue weighted by atomic mass is 19.1. The van der Waals surface area contributed by atoms with Crippen molar-refractivity contribution >= 4 is 5.78 Å². The third-order valence-corrected chi connectivity index (χ3v) is 2.39. The van der Waals surface area contributed by atoms with Gasteiger partial charge in [-0.15, -0.1) is 0 Å². The van der Waals surface area contributed by atoms with Crippen LogP contribution in [-0.4, -0.2) is 31.6 Å². The molecule has 1 aromatic rings. The van der Waals surface area contributed by atoms with Crippen LogP contribution in [0.4, 0.5) is 8.78 Å². The molecule has 1 aliphatic rings. The summed E-state index contributed by atoms with van der Waals surface area (Å²) in [5, 5.41) is 2.94. The van der Waals surface area contributed by atoms with Crippen LogP contribution >= 0.6 is 0 Å². The van der Waals surface area contributed by atoms with Gasteiger partial charge in [-0.25, -0.2) is 8.78 Å². The van der Waals surface area contributed by atoms with Crippen LogP contribution < -0.4 is 5.32 Å². The fraction of sp³-hybridized carbons (Fsp3) is 0.364. The Morgan fingerprint density at radius 3 is 2.56 bits per heavy atom. The van der Waals surface area contributed by atoms with E-state index in [0.717, 1.165) is 18.2 Å². The monoisotopic (exact) mass is 227 g/mol. The maximum Gasteiger partial charge on any atom is 0.182 e. The molecule has 0 spiro atoms. The average Bonchev–Trinajstić information content (AvgIpc) is 2.28. The summed E-state index contributed by atoms with van der Waals surface area (Å²) in [6, 6.07) is 2.28. The van der Waals surface area contributed by atoms with E-state index in [9.17, 15) is 13.6 Å². The zero-order valence-corrected chi connectivity index (χ0v) is 8.50. The van der Waals surface area contributed by atoms with Crippen LogP contribution in [0.5, 0.6) is 0 Å². The quantitative estimate of drug-likeness (QED) is 0.770. The van der Waals surface area contributed by atoms with Crippen molar-refractivity contribution in [3.05, 3.63) is 35.4 Å². The summed E-state index contributed by atoms with van der Waals surface area (Å²) in [7, 11) is 0. The van der Waals surface area contributed by atoms with E-state index >= 15 is 0 Å². The van der Waals surface area contributed by atoms with E-state index in [2.05, 4.69) is 5.32 Å². The van der Waals surface area contributed by atoms with E-state index in [4.69, 9.17) is 4.74 Å². The van der Waals surface area contributed by atoms with Crippen molar-refractivity contribution in [2.24, 2.45) is 0 Å². The normalized spacial score (nSPS) is 20.8. The zero-order chi connectivity index (χ0) is 11.5. The lowest BCUT2D eigenvalue weighted by atomic mass is 10.0. The van der Waals surface area contributed by atoms with Crippen LogP contribution in [0, 0.1) is 11.6 Å². The molecule has 16 heavy (non-hydrogen) atoms. The lowest BCUT2D eigenvalue weighted by Crippen LogP contribution is -2.46. The van der Waals surface area contributed by atoms with Crippen molar-refractivity contribution in [1.29, 1.82) is 0 Å². The smallest absolute Gasteiger partial charge is 0.182 e. The van der Waals surface area contributed by atoms with Gasteiger partial charge < -0.3 is 10.1 Å². The van der Waals surface area contributed by atoms with Crippen molar-refractivity contribution in [3.63, 3.8) is 0 Å². The van der Waals surface area contributed by atoms with E-state index in [-0.39, 0.29) is 18.0 Å². The molecule has 0 radical (unpaired) electrons. The maximum absolute atomic E-state index is 12.9. The minimum Gasteiger partial charge on any atom is -0.378 e. The molecule has 1 unspecified atom stereocenters. The summed E-state index contributed by atoms with van der Waals surface area (Å²) in [4.78, 5) is 11.8. The topological polar surface area (TPSA) is 38.3 Å². The first-order valence-electron chi connectivity index (χ1n) is 4.98. The summed E-state index contributed by atoms with van der Waals surface area (Å²) in [5.41, 5.74) is 0.0282. The lowest BCUT2D eigenvalue weighted by molar-refractivity contribution is 0.0607. The molecule has 1 fully saturated rings. The standard InChI is InChI=1S/C11H11F2NO2/c12-8-3-7(4-9(13)5-8)11(15)10-6-16-2-1-14-10/h3-5,10,14H,1-2,6H2. The molecule has 0 bridgehead atoms. The van der Waals surface area contributed by atoms with Crippen molar-refractivity contribution in [2.75, 3.05) is 19.8 Å². The second kappa shape index (κ2) is 4.67. The number of halogens is 2. The minimum atomic E-state index is -0.750. The number of ether oxygens (including phenoxy) is 1. The van der Waals surface area contributed by atoms with Gasteiger partial charge in [0, 0.05) is 18.2 Å². The number of hydrogen-bond acceptors (Lipinski definition) is 3. The number of Topliss-reactive ketones (excluding diaryl/α,β-unsaturated/α-hetero) is 1. The Balaban J connectivity index is 2.19. The Hall–Kier alpha value is -1.33. The number of ketones is 1. The Kier molecular flexibility index (Phi) is 3.26. The third kappa shape index (κ3) is 2.43. The number of rotatable bonds is 2. The molecule has 0 saturated carbocycles. The van der Waals surface area contributed by atoms with E-state index < -0.39 is 17.7 Å². The van der Waals surface area contributed by atoms with Crippen molar-refractivity contribution in [3.8, 4) is 0 Å². The van der Waals surface area contributed by atoms with Crippen LogP contribution in [0.2, 0.25) is 0 Å². The van der Waals surface area contributed by atoms with Gasteiger partial charge in [0.25, 0.3) is 0 Å². The lowest BCUT2D eigenvalue weighted by Gasteiger charge is -2.22. The van der Waals surface area contributed by atoms with E-state index in [0.29, 0.717) is 13.2 Å². The maximum atomic E-state index is 12.9. The number of benzene rings is 1. The molecule has 1 atom stereocenters. The molecule has 0 aromatic heterocycles. The van der Waals surface area contributed by atoms with Crippen LogP contribution in [0.3, 0.4) is 0 Å². The second-order valence-electron chi connectivity index (χ2n) is 3.60. The van der Waals surface area contributed by atoms with Crippen molar-refractivity contribution in [2.45, 2.75) is 6.04 Å². The fourth-order valence-electron chi connectivity index (χ4n) is 1.63. The largest absolute Gasteiger partial charge is 0.378 e. The highest BCUT2D eigenvalue weighted by Gasteiger charge is 2.23. The van der Waals surface area contributed by atoms with Crippen LogP contribution in [0.15, 0.2) is 18.2 Å². The molecule has 3 nitrogen and oxygen atoms in total. The molecule has 0 amide bonds. The molecular weight excluding hydrogens is 216 g/mol. The van der Waals surface area contributed by atoms with Crippen LogP contribution in [-0.2, 0) is 4.74 Å². The minimum absolute atomic E-state index is 0.0282. The number of nitrogens with one attached hydrogen (secondary N) is 1. The van der Waals surface area contributed by atoms with Crippen molar-refractivity contribution < 1.29 is 18.3 Å². The van der Waals surface area contributed by atoms with Gasteiger partial charge in [0.15, 0.2) is 5.78 Å². The van der Waals surface area contributed by atoms with Gasteiger partial charge in [-0.1, -0.05) is 0 Å². The molecule has 1 heterocycles. The van der Waals surface area contributed by atoms with Gasteiger partial charge in [0.2, 0.25) is 0 Å². The Labute approximate surface area is 91.4 Å². The highest BCUT2D eigenvalue weighted by molar-refractivity contribution is 6.00. The first kappa shape index (κ1) is 11.2. The summed E-state index contributed by atoms with van der Waals surface area (Å²) in [6.07, 6.45) is 0. The predicted octanol–water partition coefficient (Wildman–Crippen LogP) is 1.14. The molecule has 86 valence electrons. The number of morpholine rings is 1. The first-order chi connectivity index (χ1) is 7.66. The molecule has 5 heteroatoms. The van der Waals surface area contributed by atoms with E-state index in [1.807, 2.05) is 0 Å². The molecule has 1 aliphatic heterocycles. The molecule has 1 aromatic carbocycles. The predicted molar refractivity (Wildman–Crippen MR) is 53.3 cm³/mol. The molecule has 1 N–H and O–H groups in total. The molecule has 0 aliphatic carbocycles. The van der Waals surface area contributed by atoms with Gasteiger partial charge in [-0.2, -0.15) is 0 Å². The van der Waals surface area contributed by atoms with Gasteiger partial charge in [0.1, 0.15) is 11.6 Å². The number of carbonyl (C=O) groups is 1.